The van der Waals surface area contributed by atoms with Gasteiger partial charge in [0.05, 0.1) is 12.6 Å². The third-order valence-corrected chi connectivity index (χ3v) is 5.39. The van der Waals surface area contributed by atoms with Gasteiger partial charge in [-0.1, -0.05) is 91.0 Å². The first-order valence-electron chi connectivity index (χ1n) is 9.57. The molecule has 0 radical (unpaired) electrons. The van der Waals surface area contributed by atoms with Crippen molar-refractivity contribution < 1.29 is 17.9 Å². The first kappa shape index (κ1) is 19.7. The van der Waals surface area contributed by atoms with E-state index in [-0.39, 0.29) is 25.7 Å². The summed E-state index contributed by atoms with van der Waals surface area (Å²) >= 11 is 0. The summed E-state index contributed by atoms with van der Waals surface area (Å²) in [7, 11) is 0. The summed E-state index contributed by atoms with van der Waals surface area (Å²) in [6, 6.07) is 28.0. The fourth-order valence-electron chi connectivity index (χ4n) is 3.83. The zero-order valence-electron chi connectivity index (χ0n) is 15.8. The molecule has 0 amide bonds. The van der Waals surface area contributed by atoms with E-state index in [9.17, 15) is 13.2 Å². The molecule has 0 unspecified atom stereocenters. The molecule has 4 rings (SSSR count). The van der Waals surface area contributed by atoms with Crippen molar-refractivity contribution in [1.29, 1.82) is 0 Å². The van der Waals surface area contributed by atoms with Crippen molar-refractivity contribution in [3.05, 3.63) is 108 Å². The second kappa shape index (κ2) is 8.01. The van der Waals surface area contributed by atoms with Gasteiger partial charge < -0.3 is 4.74 Å². The van der Waals surface area contributed by atoms with Gasteiger partial charge in [-0.05, 0) is 16.7 Å². The van der Waals surface area contributed by atoms with Crippen LogP contribution in [0.15, 0.2) is 91.0 Å². The van der Waals surface area contributed by atoms with Crippen molar-refractivity contribution in [2.24, 2.45) is 0 Å². The van der Waals surface area contributed by atoms with E-state index < -0.39 is 11.8 Å². The summed E-state index contributed by atoms with van der Waals surface area (Å²) in [5.41, 5.74) is 0.525. The molecule has 0 atom stereocenters. The van der Waals surface area contributed by atoms with Gasteiger partial charge in [0.1, 0.15) is 0 Å². The number of nitrogens with zero attached hydrogens (tertiary/aromatic N) is 1. The van der Waals surface area contributed by atoms with Gasteiger partial charge in [0.2, 0.25) is 0 Å². The van der Waals surface area contributed by atoms with Crippen molar-refractivity contribution in [3.63, 3.8) is 0 Å². The van der Waals surface area contributed by atoms with Crippen LogP contribution in [0.4, 0.5) is 13.2 Å². The van der Waals surface area contributed by atoms with Crippen LogP contribution >= 0.6 is 0 Å². The maximum absolute atomic E-state index is 13.9. The summed E-state index contributed by atoms with van der Waals surface area (Å²) in [5, 5.41) is 0. The van der Waals surface area contributed by atoms with Gasteiger partial charge in [-0.3, -0.25) is 4.90 Å². The van der Waals surface area contributed by atoms with E-state index in [0.29, 0.717) is 0 Å². The van der Waals surface area contributed by atoms with Crippen LogP contribution in [0.1, 0.15) is 22.7 Å². The zero-order chi connectivity index (χ0) is 20.3. The second-order valence-corrected chi connectivity index (χ2v) is 7.40. The van der Waals surface area contributed by atoms with Gasteiger partial charge in [-0.25, -0.2) is 0 Å². The average molecular weight is 397 g/mol. The summed E-state index contributed by atoms with van der Waals surface area (Å²) in [5.74, 6) is 0. The zero-order valence-corrected chi connectivity index (χ0v) is 15.8. The highest BCUT2D eigenvalue weighted by Crippen LogP contribution is 2.46. The van der Waals surface area contributed by atoms with E-state index >= 15 is 0 Å². The Bertz CT molecular complexity index is 868. The quantitative estimate of drug-likeness (QED) is 0.536. The number of benzene rings is 3. The van der Waals surface area contributed by atoms with Crippen LogP contribution < -0.4 is 0 Å². The third kappa shape index (κ3) is 4.07. The molecule has 3 aromatic carbocycles. The first-order valence-corrected chi connectivity index (χ1v) is 9.57. The smallest absolute Gasteiger partial charge is 0.358 e. The molecule has 0 saturated carbocycles. The predicted octanol–water partition coefficient (Wildman–Crippen LogP) is 5.61. The number of hydrogen-bond acceptors (Lipinski definition) is 2. The molecule has 29 heavy (non-hydrogen) atoms. The molecule has 0 N–H and O–H groups in total. The van der Waals surface area contributed by atoms with E-state index in [1.165, 1.54) is 0 Å². The maximum atomic E-state index is 13.9. The van der Waals surface area contributed by atoms with Gasteiger partial charge in [0.15, 0.2) is 5.60 Å². The number of likely N-dealkylation sites (tertiary alicyclic amines) is 1. The highest BCUT2D eigenvalue weighted by molar-refractivity contribution is 5.33. The predicted molar refractivity (Wildman–Crippen MR) is 106 cm³/mol. The molecule has 0 bridgehead atoms. The molecule has 1 aliphatic rings. The maximum Gasteiger partial charge on any atom is 0.419 e. The van der Waals surface area contributed by atoms with Gasteiger partial charge in [0.25, 0.3) is 0 Å². The van der Waals surface area contributed by atoms with Gasteiger partial charge in [0, 0.05) is 13.1 Å². The Morgan fingerprint density at radius 1 is 0.759 bits per heavy atom. The number of ether oxygens (including phenoxy) is 1. The van der Waals surface area contributed by atoms with E-state index in [4.69, 9.17) is 4.74 Å². The highest BCUT2D eigenvalue weighted by atomic mass is 19.4. The number of hydrogen-bond donors (Lipinski definition) is 0. The molecule has 150 valence electrons. The van der Waals surface area contributed by atoms with Crippen LogP contribution in [0.5, 0.6) is 0 Å². The molecule has 2 nitrogen and oxygen atoms in total. The van der Waals surface area contributed by atoms with Gasteiger partial charge in [-0.2, -0.15) is 13.2 Å². The highest BCUT2D eigenvalue weighted by Gasteiger charge is 2.64. The topological polar surface area (TPSA) is 12.5 Å². The summed E-state index contributed by atoms with van der Waals surface area (Å²) in [4.78, 5) is 1.84. The van der Waals surface area contributed by atoms with E-state index in [1.807, 2.05) is 71.6 Å². The minimum absolute atomic E-state index is 0.0600. The van der Waals surface area contributed by atoms with E-state index in [0.717, 1.165) is 16.7 Å². The minimum atomic E-state index is -4.43. The van der Waals surface area contributed by atoms with Gasteiger partial charge in [-0.15, -0.1) is 0 Å². The molecule has 0 spiro atoms. The van der Waals surface area contributed by atoms with Crippen molar-refractivity contribution in [1.82, 2.24) is 4.90 Å². The molecule has 1 saturated heterocycles. The van der Waals surface area contributed by atoms with E-state index in [1.54, 1.807) is 24.3 Å². The largest absolute Gasteiger partial charge is 0.419 e. The van der Waals surface area contributed by atoms with Crippen molar-refractivity contribution in [3.8, 4) is 0 Å². The Morgan fingerprint density at radius 2 is 1.21 bits per heavy atom. The average Bonchev–Trinajstić information content (AvgIpc) is 2.71. The number of rotatable bonds is 6. The Morgan fingerprint density at radius 3 is 1.66 bits per heavy atom. The number of alkyl halides is 3. The lowest BCUT2D eigenvalue weighted by Gasteiger charge is -2.53. The van der Waals surface area contributed by atoms with Crippen molar-refractivity contribution in [2.45, 2.75) is 24.4 Å². The summed E-state index contributed by atoms with van der Waals surface area (Å²) in [6.45, 7) is -0.453. The lowest BCUT2D eigenvalue weighted by atomic mass is 9.86. The van der Waals surface area contributed by atoms with Crippen LogP contribution in [0.3, 0.4) is 0 Å². The molecular formula is C24H22F3NO. The first-order chi connectivity index (χ1) is 14.0. The Balaban J connectivity index is 1.57. The van der Waals surface area contributed by atoms with E-state index in [2.05, 4.69) is 0 Å². The number of halogens is 3. The lowest BCUT2D eigenvalue weighted by molar-refractivity contribution is -0.325. The molecular weight excluding hydrogens is 375 g/mol. The summed E-state index contributed by atoms with van der Waals surface area (Å²) in [6.07, 6.45) is -4.43. The molecule has 3 aromatic rings. The monoisotopic (exact) mass is 397 g/mol. The standard InChI is InChI=1S/C24H22F3NO/c25-24(26,27)23(29-16-19-10-4-1-5-11-19)17-28(18-23)22(20-12-6-2-7-13-20)21-14-8-3-9-15-21/h1-15,22H,16-18H2. The van der Waals surface area contributed by atoms with Crippen LogP contribution in [-0.4, -0.2) is 29.8 Å². The molecule has 1 aliphatic heterocycles. The van der Waals surface area contributed by atoms with Gasteiger partial charge >= 0.3 is 6.18 Å². The lowest BCUT2D eigenvalue weighted by Crippen LogP contribution is -2.70. The molecule has 5 heteroatoms. The fraction of sp³-hybridized carbons (Fsp3) is 0.250. The summed E-state index contributed by atoms with van der Waals surface area (Å²) < 4.78 is 47.3. The van der Waals surface area contributed by atoms with Crippen molar-refractivity contribution >= 4 is 0 Å². The van der Waals surface area contributed by atoms with Crippen LogP contribution in [0.2, 0.25) is 0 Å². The third-order valence-electron chi connectivity index (χ3n) is 5.39. The Labute approximate surface area is 168 Å². The molecule has 1 heterocycles. The van der Waals surface area contributed by atoms with Crippen LogP contribution in [0, 0.1) is 0 Å². The molecule has 1 fully saturated rings. The molecule has 0 aromatic heterocycles. The second-order valence-electron chi connectivity index (χ2n) is 7.40. The Hall–Kier alpha value is -2.63. The van der Waals surface area contributed by atoms with Crippen LogP contribution in [-0.2, 0) is 11.3 Å². The fourth-order valence-corrected chi connectivity index (χ4v) is 3.83. The minimum Gasteiger partial charge on any atom is -0.358 e. The van der Waals surface area contributed by atoms with Crippen LogP contribution in [0.25, 0.3) is 0 Å². The molecule has 0 aliphatic carbocycles. The normalized spacial score (nSPS) is 16.6. The SMILES string of the molecule is FC(F)(F)C1(OCc2ccccc2)CN(C(c2ccccc2)c2ccccc2)C1. The Kier molecular flexibility index (Phi) is 5.43. The van der Waals surface area contributed by atoms with Crippen molar-refractivity contribution in [2.75, 3.05) is 13.1 Å².